The van der Waals surface area contributed by atoms with Crippen LogP contribution in [0.5, 0.6) is 5.75 Å². The summed E-state index contributed by atoms with van der Waals surface area (Å²) in [5.41, 5.74) is 2.24. The highest BCUT2D eigenvalue weighted by Crippen LogP contribution is 2.28. The molecule has 3 rings (SSSR count). The van der Waals surface area contributed by atoms with E-state index in [4.69, 9.17) is 16.3 Å². The Balaban J connectivity index is 1.50. The number of methoxy groups -OCH3 is 1. The topological polar surface area (TPSA) is 36.0 Å². The smallest absolute Gasteiger partial charge is 0.236 e. The van der Waals surface area contributed by atoms with Crippen molar-refractivity contribution in [3.63, 3.8) is 0 Å². The van der Waals surface area contributed by atoms with Crippen molar-refractivity contribution < 1.29 is 9.53 Å². The van der Waals surface area contributed by atoms with Crippen LogP contribution in [-0.2, 0) is 11.3 Å². The fourth-order valence-electron chi connectivity index (χ4n) is 3.38. The van der Waals surface area contributed by atoms with E-state index < -0.39 is 0 Å². The number of hydrogen-bond acceptors (Lipinski definition) is 4. The summed E-state index contributed by atoms with van der Waals surface area (Å²) in [5.74, 6) is 1.05. The number of ether oxygens (including phenoxy) is 1. The number of nitrogens with zero attached hydrogens (tertiary/aromatic N) is 3. The van der Waals surface area contributed by atoms with Gasteiger partial charge < -0.3 is 14.5 Å². The van der Waals surface area contributed by atoms with Gasteiger partial charge in [0.1, 0.15) is 5.75 Å². The Labute approximate surface area is 166 Å². The van der Waals surface area contributed by atoms with Gasteiger partial charge in [0.25, 0.3) is 0 Å². The first-order chi connectivity index (χ1) is 13.1. The summed E-state index contributed by atoms with van der Waals surface area (Å²) in [7, 11) is 3.66. The third kappa shape index (κ3) is 5.15. The van der Waals surface area contributed by atoms with Crippen molar-refractivity contribution in [1.29, 1.82) is 0 Å². The third-order valence-corrected chi connectivity index (χ3v) is 5.08. The molecule has 0 aliphatic carbocycles. The number of carbonyl (C=O) groups excluding carboxylic acids is 1. The number of benzene rings is 2. The van der Waals surface area contributed by atoms with Crippen LogP contribution in [0.3, 0.4) is 0 Å². The quantitative estimate of drug-likeness (QED) is 0.763. The number of anilines is 1. The van der Waals surface area contributed by atoms with Crippen LogP contribution in [-0.4, -0.2) is 62.6 Å². The maximum atomic E-state index is 12.6. The van der Waals surface area contributed by atoms with Gasteiger partial charge in [0.15, 0.2) is 0 Å². The molecule has 144 valence electrons. The number of carbonyl (C=O) groups is 1. The Kier molecular flexibility index (Phi) is 6.58. The molecule has 1 amide bonds. The lowest BCUT2D eigenvalue weighted by molar-refractivity contribution is -0.132. The van der Waals surface area contributed by atoms with Crippen LogP contribution >= 0.6 is 11.6 Å². The van der Waals surface area contributed by atoms with Gasteiger partial charge in [-0.25, -0.2) is 0 Å². The zero-order chi connectivity index (χ0) is 19.2. The van der Waals surface area contributed by atoms with Crippen molar-refractivity contribution in [2.45, 2.75) is 6.54 Å². The standard InChI is InChI=1S/C21H26ClN3O2/c1-23(15-17-7-9-18(22)10-8-17)16-21(26)25-13-11-24(12-14-25)19-5-3-4-6-20(19)27-2/h3-10H,11-16H2,1-2H3. The van der Waals surface area contributed by atoms with Gasteiger partial charge in [0, 0.05) is 37.7 Å². The van der Waals surface area contributed by atoms with E-state index in [0.29, 0.717) is 6.54 Å². The molecule has 6 heteroatoms. The largest absolute Gasteiger partial charge is 0.495 e. The Morgan fingerprint density at radius 2 is 1.74 bits per heavy atom. The lowest BCUT2D eigenvalue weighted by atomic mass is 10.2. The van der Waals surface area contributed by atoms with Gasteiger partial charge in [-0.2, -0.15) is 0 Å². The molecule has 1 aliphatic rings. The fourth-order valence-corrected chi connectivity index (χ4v) is 3.50. The molecule has 2 aromatic carbocycles. The van der Waals surface area contributed by atoms with Crippen molar-refractivity contribution in [2.24, 2.45) is 0 Å². The second-order valence-electron chi connectivity index (χ2n) is 6.84. The average Bonchev–Trinajstić information content (AvgIpc) is 2.69. The number of likely N-dealkylation sites (N-methyl/N-ethyl adjacent to an activating group) is 1. The summed E-state index contributed by atoms with van der Waals surface area (Å²) in [5, 5.41) is 0.727. The van der Waals surface area contributed by atoms with Crippen molar-refractivity contribution in [3.05, 3.63) is 59.1 Å². The minimum Gasteiger partial charge on any atom is -0.495 e. The highest BCUT2D eigenvalue weighted by atomic mass is 35.5. The maximum Gasteiger partial charge on any atom is 0.236 e. The molecule has 2 aromatic rings. The molecule has 1 heterocycles. The van der Waals surface area contributed by atoms with Crippen molar-refractivity contribution in [2.75, 3.05) is 51.8 Å². The van der Waals surface area contributed by atoms with Gasteiger partial charge in [-0.1, -0.05) is 35.9 Å². The van der Waals surface area contributed by atoms with E-state index in [0.717, 1.165) is 54.7 Å². The predicted octanol–water partition coefficient (Wildman–Crippen LogP) is 3.13. The number of rotatable bonds is 6. The van der Waals surface area contributed by atoms with E-state index in [-0.39, 0.29) is 5.91 Å². The number of piperazine rings is 1. The first-order valence-electron chi connectivity index (χ1n) is 9.15. The summed E-state index contributed by atoms with van der Waals surface area (Å²) in [6.45, 7) is 4.22. The van der Waals surface area contributed by atoms with Gasteiger partial charge in [-0.3, -0.25) is 9.69 Å². The number of para-hydroxylation sites is 2. The fraction of sp³-hybridized carbons (Fsp3) is 0.381. The summed E-state index contributed by atoms with van der Waals surface area (Å²) in [6.07, 6.45) is 0. The van der Waals surface area contributed by atoms with Crippen LogP contribution in [0.15, 0.2) is 48.5 Å². The number of amides is 1. The van der Waals surface area contributed by atoms with Gasteiger partial charge in [-0.05, 0) is 36.9 Å². The minimum absolute atomic E-state index is 0.172. The second-order valence-corrected chi connectivity index (χ2v) is 7.27. The molecule has 0 unspecified atom stereocenters. The van der Waals surface area contributed by atoms with Gasteiger partial charge in [-0.15, -0.1) is 0 Å². The zero-order valence-electron chi connectivity index (χ0n) is 15.9. The average molecular weight is 388 g/mol. The Hall–Kier alpha value is -2.24. The molecule has 0 bridgehead atoms. The molecule has 1 saturated heterocycles. The molecule has 5 nitrogen and oxygen atoms in total. The van der Waals surface area contributed by atoms with Crippen LogP contribution in [0.2, 0.25) is 5.02 Å². The summed E-state index contributed by atoms with van der Waals surface area (Å²) < 4.78 is 5.45. The molecule has 27 heavy (non-hydrogen) atoms. The van der Waals surface area contributed by atoms with E-state index >= 15 is 0 Å². The molecule has 0 saturated carbocycles. The van der Waals surface area contributed by atoms with Crippen LogP contribution < -0.4 is 9.64 Å². The Morgan fingerprint density at radius 1 is 1.07 bits per heavy atom. The molecular weight excluding hydrogens is 362 g/mol. The zero-order valence-corrected chi connectivity index (χ0v) is 16.7. The van der Waals surface area contributed by atoms with Gasteiger partial charge in [0.2, 0.25) is 5.91 Å². The van der Waals surface area contributed by atoms with E-state index in [2.05, 4.69) is 11.0 Å². The summed E-state index contributed by atoms with van der Waals surface area (Å²) in [4.78, 5) is 18.9. The van der Waals surface area contributed by atoms with Crippen LogP contribution in [0.4, 0.5) is 5.69 Å². The van der Waals surface area contributed by atoms with E-state index in [9.17, 15) is 4.79 Å². The predicted molar refractivity (Wildman–Crippen MR) is 110 cm³/mol. The first-order valence-corrected chi connectivity index (χ1v) is 9.53. The molecule has 0 radical (unpaired) electrons. The lowest BCUT2D eigenvalue weighted by Crippen LogP contribution is -2.51. The maximum absolute atomic E-state index is 12.6. The van der Waals surface area contributed by atoms with E-state index in [1.165, 1.54) is 0 Å². The van der Waals surface area contributed by atoms with Crippen LogP contribution in [0.25, 0.3) is 0 Å². The van der Waals surface area contributed by atoms with Gasteiger partial charge in [0.05, 0.1) is 19.3 Å². The van der Waals surface area contributed by atoms with Crippen molar-refractivity contribution in [1.82, 2.24) is 9.80 Å². The normalized spacial score (nSPS) is 14.5. The molecule has 1 aliphatic heterocycles. The highest BCUT2D eigenvalue weighted by molar-refractivity contribution is 6.30. The molecular formula is C21H26ClN3O2. The number of halogens is 1. The van der Waals surface area contributed by atoms with Crippen LogP contribution in [0.1, 0.15) is 5.56 Å². The second kappa shape index (κ2) is 9.11. The SMILES string of the molecule is COc1ccccc1N1CCN(C(=O)CN(C)Cc2ccc(Cl)cc2)CC1. The highest BCUT2D eigenvalue weighted by Gasteiger charge is 2.23. The van der Waals surface area contributed by atoms with Crippen molar-refractivity contribution in [3.8, 4) is 5.75 Å². The molecule has 0 atom stereocenters. The Bertz CT molecular complexity index is 758. The summed E-state index contributed by atoms with van der Waals surface area (Å²) >= 11 is 5.92. The number of hydrogen-bond donors (Lipinski definition) is 0. The third-order valence-electron chi connectivity index (χ3n) is 4.83. The summed E-state index contributed by atoms with van der Waals surface area (Å²) in [6, 6.07) is 15.8. The van der Waals surface area contributed by atoms with Crippen LogP contribution in [0, 0.1) is 0 Å². The monoisotopic (exact) mass is 387 g/mol. The molecule has 0 N–H and O–H groups in total. The van der Waals surface area contributed by atoms with E-state index in [1.807, 2.05) is 59.3 Å². The van der Waals surface area contributed by atoms with Gasteiger partial charge >= 0.3 is 0 Å². The lowest BCUT2D eigenvalue weighted by Gasteiger charge is -2.37. The molecule has 0 spiro atoms. The first kappa shape index (κ1) is 19.5. The van der Waals surface area contributed by atoms with Crippen molar-refractivity contribution >= 4 is 23.2 Å². The molecule has 0 aromatic heterocycles. The minimum atomic E-state index is 0.172. The van der Waals surface area contributed by atoms with E-state index in [1.54, 1.807) is 7.11 Å². The Morgan fingerprint density at radius 3 is 2.41 bits per heavy atom. The molecule has 1 fully saturated rings.